The molecule has 0 spiro atoms. The molecule has 7 nitrogen and oxygen atoms in total. The van der Waals surface area contributed by atoms with Crippen LogP contribution in [0, 0.1) is 0 Å². The number of amides is 1. The van der Waals surface area contributed by atoms with Gasteiger partial charge < -0.3 is 9.84 Å². The van der Waals surface area contributed by atoms with Crippen LogP contribution in [0.2, 0.25) is 0 Å². The van der Waals surface area contributed by atoms with Crippen LogP contribution in [0.5, 0.6) is 5.75 Å². The van der Waals surface area contributed by atoms with Gasteiger partial charge in [0, 0.05) is 12.1 Å². The molecule has 1 amide bonds. The van der Waals surface area contributed by atoms with Gasteiger partial charge in [0.2, 0.25) is 10.0 Å². The van der Waals surface area contributed by atoms with E-state index in [2.05, 4.69) is 18.6 Å². The molecule has 0 unspecified atom stereocenters. The molecule has 8 heteroatoms. The molecule has 0 aliphatic carbocycles. The molecule has 0 saturated carbocycles. The molecule has 1 aliphatic rings. The third-order valence-electron chi connectivity index (χ3n) is 4.45. The molecule has 2 rings (SSSR count). The lowest BCUT2D eigenvalue weighted by molar-refractivity contribution is 0.105. The van der Waals surface area contributed by atoms with Gasteiger partial charge in [0.05, 0.1) is 12.3 Å². The molecule has 1 aromatic rings. The van der Waals surface area contributed by atoms with E-state index in [1.54, 1.807) is 6.92 Å². The number of nitrogens with zero attached hydrogens (tertiary/aromatic N) is 1. The van der Waals surface area contributed by atoms with Crippen molar-refractivity contribution < 1.29 is 23.1 Å². The minimum atomic E-state index is -3.44. The van der Waals surface area contributed by atoms with E-state index in [1.807, 2.05) is 24.3 Å². The highest BCUT2D eigenvalue weighted by atomic mass is 32.2. The zero-order chi connectivity index (χ0) is 18.8. The number of carbonyl (C=O) groups is 1. The Morgan fingerprint density at radius 1 is 1.36 bits per heavy atom. The molecular weight excluding hydrogens is 344 g/mol. The minimum Gasteiger partial charge on any atom is -0.491 e. The van der Waals surface area contributed by atoms with E-state index >= 15 is 0 Å². The number of sulfonamides is 1. The summed E-state index contributed by atoms with van der Waals surface area (Å²) in [7, 11) is -3.44. The van der Waals surface area contributed by atoms with E-state index in [-0.39, 0.29) is 12.6 Å². The maximum absolute atomic E-state index is 11.6. The Morgan fingerprint density at radius 2 is 1.96 bits per heavy atom. The van der Waals surface area contributed by atoms with E-state index < -0.39 is 28.2 Å². The summed E-state index contributed by atoms with van der Waals surface area (Å²) in [6.07, 6.45) is 0.414. The number of benzene rings is 1. The summed E-state index contributed by atoms with van der Waals surface area (Å²) in [5.74, 6) is 1.04. The summed E-state index contributed by atoms with van der Waals surface area (Å²) in [6.45, 7) is 6.05. The third kappa shape index (κ3) is 5.09. The fourth-order valence-corrected chi connectivity index (χ4v) is 4.02. The van der Waals surface area contributed by atoms with Gasteiger partial charge in [-0.15, -0.1) is 0 Å². The molecule has 1 heterocycles. The number of hydrogen-bond donors (Lipinski definition) is 2. The van der Waals surface area contributed by atoms with Crippen molar-refractivity contribution in [1.82, 2.24) is 9.62 Å². The monoisotopic (exact) mass is 370 g/mol. The molecule has 25 heavy (non-hydrogen) atoms. The van der Waals surface area contributed by atoms with Crippen LogP contribution in [0.1, 0.15) is 38.7 Å². The fraction of sp³-hybridized carbons (Fsp3) is 0.588. The lowest BCUT2D eigenvalue weighted by Crippen LogP contribution is -2.50. The summed E-state index contributed by atoms with van der Waals surface area (Å²) in [5, 5.41) is 9.46. The predicted molar refractivity (Wildman–Crippen MR) is 95.5 cm³/mol. The van der Waals surface area contributed by atoms with Crippen LogP contribution in [0.3, 0.4) is 0 Å². The molecule has 0 bridgehead atoms. The van der Waals surface area contributed by atoms with Gasteiger partial charge in [-0.25, -0.2) is 17.9 Å². The first-order valence-electron chi connectivity index (χ1n) is 8.30. The average Bonchev–Trinajstić information content (AvgIpc) is 2.79. The number of rotatable bonds is 6. The van der Waals surface area contributed by atoms with Crippen molar-refractivity contribution in [3.63, 3.8) is 0 Å². The Morgan fingerprint density at radius 3 is 2.44 bits per heavy atom. The van der Waals surface area contributed by atoms with Gasteiger partial charge in [-0.05, 0) is 37.0 Å². The molecule has 1 saturated heterocycles. The Hall–Kier alpha value is -1.80. The van der Waals surface area contributed by atoms with Crippen molar-refractivity contribution >= 4 is 16.1 Å². The van der Waals surface area contributed by atoms with Gasteiger partial charge in [0.1, 0.15) is 12.4 Å². The second-order valence-corrected chi connectivity index (χ2v) is 8.65. The lowest BCUT2D eigenvalue weighted by Gasteiger charge is -2.28. The summed E-state index contributed by atoms with van der Waals surface area (Å²) >= 11 is 0. The Kier molecular flexibility index (Phi) is 5.95. The summed E-state index contributed by atoms with van der Waals surface area (Å²) in [5.41, 5.74) is 1.19. The molecule has 3 atom stereocenters. The smallest absolute Gasteiger partial charge is 0.407 e. The molecule has 140 valence electrons. The average molecular weight is 370 g/mol. The van der Waals surface area contributed by atoms with Crippen LogP contribution in [0.25, 0.3) is 0 Å². The van der Waals surface area contributed by atoms with Crippen molar-refractivity contribution in [3.8, 4) is 5.75 Å². The quantitative estimate of drug-likeness (QED) is 0.801. The number of ether oxygens (including phenoxy) is 1. The van der Waals surface area contributed by atoms with Gasteiger partial charge in [0.15, 0.2) is 0 Å². The van der Waals surface area contributed by atoms with Crippen LogP contribution in [-0.2, 0) is 10.0 Å². The summed E-state index contributed by atoms with van der Waals surface area (Å²) in [6, 6.07) is 6.27. The second-order valence-electron chi connectivity index (χ2n) is 6.87. The molecular formula is C17H26N2O5S. The molecule has 1 aromatic carbocycles. The first-order chi connectivity index (χ1) is 11.6. The van der Waals surface area contributed by atoms with E-state index in [1.165, 1.54) is 10.5 Å². The largest absolute Gasteiger partial charge is 0.491 e. The number of likely N-dealkylation sites (tertiary alicyclic amines) is 1. The SMILES string of the molecule is CC(C)c1ccc(OC[C@H]2[C@@H](NS(C)(=O)=O)C[C@@H](C)N2C(=O)O)cc1. The van der Waals surface area contributed by atoms with Gasteiger partial charge in [-0.2, -0.15) is 0 Å². The molecule has 2 N–H and O–H groups in total. The Bertz CT molecular complexity index is 702. The van der Waals surface area contributed by atoms with Crippen molar-refractivity contribution in [3.05, 3.63) is 29.8 Å². The van der Waals surface area contributed by atoms with Crippen molar-refractivity contribution in [1.29, 1.82) is 0 Å². The number of hydrogen-bond acceptors (Lipinski definition) is 4. The number of nitrogens with one attached hydrogen (secondary N) is 1. The van der Waals surface area contributed by atoms with Crippen LogP contribution in [0.4, 0.5) is 4.79 Å². The lowest BCUT2D eigenvalue weighted by atomic mass is 10.0. The predicted octanol–water partition coefficient (Wildman–Crippen LogP) is 2.25. The van der Waals surface area contributed by atoms with Gasteiger partial charge >= 0.3 is 6.09 Å². The van der Waals surface area contributed by atoms with E-state index in [0.717, 1.165) is 6.26 Å². The third-order valence-corrected chi connectivity index (χ3v) is 5.18. The Labute approximate surface area is 149 Å². The summed E-state index contributed by atoms with van der Waals surface area (Å²) < 4.78 is 31.4. The highest BCUT2D eigenvalue weighted by Crippen LogP contribution is 2.26. The first-order valence-corrected chi connectivity index (χ1v) is 10.2. The van der Waals surface area contributed by atoms with E-state index in [9.17, 15) is 18.3 Å². The second kappa shape index (κ2) is 7.61. The topological polar surface area (TPSA) is 95.9 Å². The van der Waals surface area contributed by atoms with Crippen molar-refractivity contribution in [2.45, 2.75) is 51.2 Å². The number of carboxylic acid groups (broad SMARTS) is 1. The first kappa shape index (κ1) is 19.5. The fourth-order valence-electron chi connectivity index (χ4n) is 3.22. The zero-order valence-corrected chi connectivity index (χ0v) is 15.8. The van der Waals surface area contributed by atoms with E-state index in [4.69, 9.17) is 4.74 Å². The van der Waals surface area contributed by atoms with Gasteiger partial charge in [0.25, 0.3) is 0 Å². The van der Waals surface area contributed by atoms with E-state index in [0.29, 0.717) is 18.1 Å². The highest BCUT2D eigenvalue weighted by Gasteiger charge is 2.43. The standard InChI is InChI=1S/C17H26N2O5S/c1-11(2)13-5-7-14(8-6-13)24-10-16-15(18-25(4,22)23)9-12(3)19(16)17(20)21/h5-8,11-12,15-16,18H,9-10H2,1-4H3,(H,20,21)/t12-,15+,16+/m1/s1. The highest BCUT2D eigenvalue weighted by molar-refractivity contribution is 7.88. The normalized spacial score (nSPS) is 23.9. The maximum Gasteiger partial charge on any atom is 0.407 e. The zero-order valence-electron chi connectivity index (χ0n) is 15.0. The van der Waals surface area contributed by atoms with Gasteiger partial charge in [-0.1, -0.05) is 26.0 Å². The molecule has 1 aliphatic heterocycles. The molecule has 1 fully saturated rings. The van der Waals surface area contributed by atoms with Crippen LogP contribution >= 0.6 is 0 Å². The van der Waals surface area contributed by atoms with Crippen LogP contribution in [0.15, 0.2) is 24.3 Å². The van der Waals surface area contributed by atoms with Crippen LogP contribution < -0.4 is 9.46 Å². The summed E-state index contributed by atoms with van der Waals surface area (Å²) in [4.78, 5) is 12.8. The molecule has 0 radical (unpaired) electrons. The van der Waals surface area contributed by atoms with Crippen molar-refractivity contribution in [2.24, 2.45) is 0 Å². The van der Waals surface area contributed by atoms with Gasteiger partial charge in [-0.3, -0.25) is 4.90 Å². The Balaban J connectivity index is 2.12. The van der Waals surface area contributed by atoms with Crippen LogP contribution in [-0.4, -0.2) is 55.5 Å². The minimum absolute atomic E-state index is 0.0881. The molecule has 0 aromatic heterocycles. The van der Waals surface area contributed by atoms with Crippen molar-refractivity contribution in [2.75, 3.05) is 12.9 Å². The maximum atomic E-state index is 11.6.